The lowest BCUT2D eigenvalue weighted by atomic mass is 10.2. The van der Waals surface area contributed by atoms with Gasteiger partial charge in [-0.1, -0.05) is 6.42 Å². The summed E-state index contributed by atoms with van der Waals surface area (Å²) in [4.78, 5) is 2.19. The van der Waals surface area contributed by atoms with Gasteiger partial charge in [-0.15, -0.1) is 0 Å². The van der Waals surface area contributed by atoms with Crippen LogP contribution in [0.3, 0.4) is 0 Å². The predicted molar refractivity (Wildman–Crippen MR) is 54.3 cm³/mol. The molecule has 0 heterocycles. The van der Waals surface area contributed by atoms with Crippen LogP contribution < -0.4 is 11.1 Å². The average molecular weight is 173 g/mol. The molecule has 0 atom stereocenters. The lowest BCUT2D eigenvalue weighted by Crippen LogP contribution is -2.27. The summed E-state index contributed by atoms with van der Waals surface area (Å²) in [6.07, 6.45) is 3.67. The van der Waals surface area contributed by atoms with Crippen LogP contribution in [0.25, 0.3) is 0 Å². The highest BCUT2D eigenvalue weighted by Gasteiger charge is 1.90. The number of likely N-dealkylation sites (N-methyl/N-ethyl adjacent to an activating group) is 1. The van der Waals surface area contributed by atoms with Crippen molar-refractivity contribution in [1.29, 1.82) is 0 Å². The topological polar surface area (TPSA) is 41.3 Å². The molecule has 0 fully saturated rings. The van der Waals surface area contributed by atoms with E-state index in [1.54, 1.807) is 0 Å². The van der Waals surface area contributed by atoms with E-state index in [0.717, 1.165) is 32.6 Å². The van der Waals surface area contributed by atoms with Crippen molar-refractivity contribution in [2.75, 3.05) is 40.3 Å². The summed E-state index contributed by atoms with van der Waals surface area (Å²) >= 11 is 0. The quantitative estimate of drug-likeness (QED) is 0.518. The van der Waals surface area contributed by atoms with Gasteiger partial charge < -0.3 is 16.0 Å². The van der Waals surface area contributed by atoms with Crippen LogP contribution >= 0.6 is 0 Å². The molecule has 0 rings (SSSR count). The number of nitrogens with zero attached hydrogens (tertiary/aromatic N) is 1. The Labute approximate surface area is 76.3 Å². The molecule has 0 aromatic rings. The molecule has 0 aromatic carbocycles. The molecule has 0 saturated heterocycles. The zero-order valence-electron chi connectivity index (χ0n) is 8.47. The largest absolute Gasteiger partial charge is 0.330 e. The second-order valence-electron chi connectivity index (χ2n) is 3.40. The molecular weight excluding hydrogens is 150 g/mol. The van der Waals surface area contributed by atoms with Crippen molar-refractivity contribution < 1.29 is 0 Å². The van der Waals surface area contributed by atoms with E-state index in [0.29, 0.717) is 0 Å². The molecule has 0 aliphatic carbocycles. The minimum atomic E-state index is 0.831. The van der Waals surface area contributed by atoms with E-state index in [4.69, 9.17) is 5.73 Å². The smallest absolute Gasteiger partial charge is 0.0101 e. The first kappa shape index (κ1) is 11.9. The van der Waals surface area contributed by atoms with Crippen LogP contribution in [0.2, 0.25) is 0 Å². The number of unbranched alkanes of at least 4 members (excludes halogenated alkanes) is 2. The highest BCUT2D eigenvalue weighted by atomic mass is 15.1. The first-order valence-corrected chi connectivity index (χ1v) is 4.83. The molecule has 0 amide bonds. The third kappa shape index (κ3) is 9.88. The lowest BCUT2D eigenvalue weighted by Gasteiger charge is -2.09. The summed E-state index contributed by atoms with van der Waals surface area (Å²) in [7, 11) is 4.19. The standard InChI is InChI=1S/C9H23N3/c1-12(2)9-8-11-7-5-3-4-6-10/h11H,3-10H2,1-2H3. The van der Waals surface area contributed by atoms with Gasteiger partial charge >= 0.3 is 0 Å². The van der Waals surface area contributed by atoms with Gasteiger partial charge in [0, 0.05) is 13.1 Å². The highest BCUT2D eigenvalue weighted by molar-refractivity contribution is 4.51. The normalized spacial score (nSPS) is 11.0. The first-order valence-electron chi connectivity index (χ1n) is 4.83. The molecule has 12 heavy (non-hydrogen) atoms. The Morgan fingerprint density at radius 3 is 2.42 bits per heavy atom. The minimum absolute atomic E-state index is 0.831. The maximum Gasteiger partial charge on any atom is 0.0101 e. The van der Waals surface area contributed by atoms with Crippen molar-refractivity contribution in [3.63, 3.8) is 0 Å². The Balaban J connectivity index is 2.82. The number of nitrogens with one attached hydrogen (secondary N) is 1. The fourth-order valence-corrected chi connectivity index (χ4v) is 0.999. The molecule has 0 aliphatic rings. The van der Waals surface area contributed by atoms with Crippen LogP contribution in [0.5, 0.6) is 0 Å². The van der Waals surface area contributed by atoms with E-state index in [1.165, 1.54) is 12.8 Å². The van der Waals surface area contributed by atoms with Gasteiger partial charge in [0.2, 0.25) is 0 Å². The summed E-state index contributed by atoms with van der Waals surface area (Å²) < 4.78 is 0. The third-order valence-corrected chi connectivity index (χ3v) is 1.79. The number of hydrogen-bond donors (Lipinski definition) is 2. The fraction of sp³-hybridized carbons (Fsp3) is 1.00. The molecule has 0 aliphatic heterocycles. The van der Waals surface area contributed by atoms with Crippen LogP contribution in [-0.4, -0.2) is 45.2 Å². The Morgan fingerprint density at radius 1 is 1.08 bits per heavy atom. The van der Waals surface area contributed by atoms with Crippen molar-refractivity contribution in [3.05, 3.63) is 0 Å². The molecule has 3 nitrogen and oxygen atoms in total. The van der Waals surface area contributed by atoms with E-state index >= 15 is 0 Å². The Kier molecular flexibility index (Phi) is 8.88. The van der Waals surface area contributed by atoms with Crippen molar-refractivity contribution in [2.24, 2.45) is 5.73 Å². The maximum absolute atomic E-state index is 5.38. The molecule has 0 bridgehead atoms. The van der Waals surface area contributed by atoms with Crippen LogP contribution in [0.1, 0.15) is 19.3 Å². The van der Waals surface area contributed by atoms with Gasteiger partial charge in [0.1, 0.15) is 0 Å². The van der Waals surface area contributed by atoms with Gasteiger partial charge in [0.15, 0.2) is 0 Å². The molecule has 74 valence electrons. The van der Waals surface area contributed by atoms with Gasteiger partial charge in [0.05, 0.1) is 0 Å². The lowest BCUT2D eigenvalue weighted by molar-refractivity contribution is 0.399. The summed E-state index contributed by atoms with van der Waals surface area (Å²) in [6.45, 7) is 4.18. The second-order valence-corrected chi connectivity index (χ2v) is 3.40. The summed E-state index contributed by atoms with van der Waals surface area (Å²) in [5.74, 6) is 0. The maximum atomic E-state index is 5.38. The molecule has 0 aromatic heterocycles. The van der Waals surface area contributed by atoms with Crippen LogP contribution in [-0.2, 0) is 0 Å². The van der Waals surface area contributed by atoms with Crippen molar-refractivity contribution in [1.82, 2.24) is 10.2 Å². The van der Waals surface area contributed by atoms with Gasteiger partial charge in [0.25, 0.3) is 0 Å². The molecule has 0 saturated carbocycles. The monoisotopic (exact) mass is 173 g/mol. The zero-order chi connectivity index (χ0) is 9.23. The number of hydrogen-bond acceptors (Lipinski definition) is 3. The summed E-state index contributed by atoms with van der Waals surface area (Å²) in [5, 5.41) is 3.39. The Hall–Kier alpha value is -0.120. The Morgan fingerprint density at radius 2 is 1.83 bits per heavy atom. The van der Waals surface area contributed by atoms with E-state index in [2.05, 4.69) is 24.3 Å². The predicted octanol–water partition coefficient (Wildman–Crippen LogP) is 0.267. The summed E-state index contributed by atoms with van der Waals surface area (Å²) in [6, 6.07) is 0. The molecule has 0 radical (unpaired) electrons. The van der Waals surface area contributed by atoms with Crippen LogP contribution in [0.15, 0.2) is 0 Å². The molecule has 3 heteroatoms. The van der Waals surface area contributed by atoms with Crippen molar-refractivity contribution >= 4 is 0 Å². The van der Waals surface area contributed by atoms with E-state index in [9.17, 15) is 0 Å². The molecule has 0 unspecified atom stereocenters. The third-order valence-electron chi connectivity index (χ3n) is 1.79. The van der Waals surface area contributed by atoms with Crippen LogP contribution in [0, 0.1) is 0 Å². The SMILES string of the molecule is CN(C)CCNCCCCCN. The summed E-state index contributed by atoms with van der Waals surface area (Å²) in [5.41, 5.74) is 5.38. The molecule has 0 spiro atoms. The van der Waals surface area contributed by atoms with Gasteiger partial charge in [-0.05, 0) is 40.0 Å². The fourth-order valence-electron chi connectivity index (χ4n) is 0.999. The Bertz CT molecular complexity index is 83.8. The van der Waals surface area contributed by atoms with Crippen molar-refractivity contribution in [2.45, 2.75) is 19.3 Å². The number of rotatable bonds is 8. The molecular formula is C9H23N3. The van der Waals surface area contributed by atoms with Gasteiger partial charge in [-0.25, -0.2) is 0 Å². The van der Waals surface area contributed by atoms with Crippen LogP contribution in [0.4, 0.5) is 0 Å². The first-order chi connectivity index (χ1) is 5.77. The average Bonchev–Trinajstić information content (AvgIpc) is 2.02. The van der Waals surface area contributed by atoms with Crippen molar-refractivity contribution in [3.8, 4) is 0 Å². The van der Waals surface area contributed by atoms with Gasteiger partial charge in [-0.2, -0.15) is 0 Å². The second kappa shape index (κ2) is 8.97. The van der Waals surface area contributed by atoms with E-state index in [1.807, 2.05) is 0 Å². The van der Waals surface area contributed by atoms with E-state index in [-0.39, 0.29) is 0 Å². The molecule has 3 N–H and O–H groups in total. The zero-order valence-corrected chi connectivity index (χ0v) is 8.47. The number of nitrogens with two attached hydrogens (primary N) is 1. The minimum Gasteiger partial charge on any atom is -0.330 e. The van der Waals surface area contributed by atoms with Gasteiger partial charge in [-0.3, -0.25) is 0 Å². The van der Waals surface area contributed by atoms with E-state index < -0.39 is 0 Å². The highest BCUT2D eigenvalue weighted by Crippen LogP contribution is 1.90.